The van der Waals surface area contributed by atoms with Gasteiger partial charge in [-0.15, -0.1) is 0 Å². The first kappa shape index (κ1) is 12.8. The van der Waals surface area contributed by atoms with Crippen LogP contribution in [-0.4, -0.2) is 23.2 Å². The summed E-state index contributed by atoms with van der Waals surface area (Å²) in [5.41, 5.74) is 1.82. The number of nitriles is 1. The predicted octanol–water partition coefficient (Wildman–Crippen LogP) is 1.95. The minimum Gasteiger partial charge on any atom is -0.339 e. The van der Waals surface area contributed by atoms with Crippen LogP contribution in [0.3, 0.4) is 0 Å². The van der Waals surface area contributed by atoms with Crippen LogP contribution in [0.25, 0.3) is 11.4 Å². The minimum atomic E-state index is -0.381. The van der Waals surface area contributed by atoms with E-state index in [0.717, 1.165) is 12.0 Å². The summed E-state index contributed by atoms with van der Waals surface area (Å²) in [7, 11) is 0. The molecule has 0 spiro atoms. The molecular formula is C15H16N4O. The lowest BCUT2D eigenvalue weighted by Crippen LogP contribution is -2.53. The Morgan fingerprint density at radius 1 is 1.40 bits per heavy atom. The van der Waals surface area contributed by atoms with Crippen molar-refractivity contribution in [3.8, 4) is 17.5 Å². The van der Waals surface area contributed by atoms with Crippen molar-refractivity contribution in [2.24, 2.45) is 5.41 Å². The summed E-state index contributed by atoms with van der Waals surface area (Å²) in [5, 5.41) is 16.4. The quantitative estimate of drug-likeness (QED) is 0.917. The molecule has 2 aromatic rings. The fourth-order valence-corrected chi connectivity index (χ4v) is 2.44. The number of nitrogens with one attached hydrogen (secondary N) is 1. The molecule has 2 heterocycles. The Morgan fingerprint density at radius 3 is 2.85 bits per heavy atom. The molecule has 1 aromatic heterocycles. The Morgan fingerprint density at radius 2 is 2.20 bits per heavy atom. The molecule has 0 unspecified atom stereocenters. The highest BCUT2D eigenvalue weighted by Gasteiger charge is 2.39. The SMILES string of the molecule is CCc1ccccc1-c1noc(CC2(C#N)CNC2)n1. The van der Waals surface area contributed by atoms with Crippen molar-refractivity contribution < 1.29 is 4.52 Å². The summed E-state index contributed by atoms with van der Waals surface area (Å²) >= 11 is 0. The normalized spacial score (nSPS) is 16.4. The molecule has 3 rings (SSSR count). The molecule has 102 valence electrons. The third kappa shape index (κ3) is 2.19. The molecule has 1 N–H and O–H groups in total. The Labute approximate surface area is 117 Å². The highest BCUT2D eigenvalue weighted by Crippen LogP contribution is 2.27. The molecule has 0 bridgehead atoms. The van der Waals surface area contributed by atoms with Gasteiger partial charge in [-0.3, -0.25) is 0 Å². The van der Waals surface area contributed by atoms with E-state index in [4.69, 9.17) is 4.52 Å². The lowest BCUT2D eigenvalue weighted by Gasteiger charge is -2.34. The van der Waals surface area contributed by atoms with E-state index in [-0.39, 0.29) is 5.41 Å². The molecule has 0 amide bonds. The van der Waals surface area contributed by atoms with Crippen LogP contribution in [0.5, 0.6) is 0 Å². The molecule has 20 heavy (non-hydrogen) atoms. The zero-order valence-electron chi connectivity index (χ0n) is 11.4. The van der Waals surface area contributed by atoms with Crippen LogP contribution in [0, 0.1) is 16.7 Å². The van der Waals surface area contributed by atoms with Crippen molar-refractivity contribution >= 4 is 0 Å². The molecule has 0 atom stereocenters. The van der Waals surface area contributed by atoms with E-state index in [0.29, 0.717) is 31.2 Å². The van der Waals surface area contributed by atoms with Crippen LogP contribution >= 0.6 is 0 Å². The van der Waals surface area contributed by atoms with Crippen molar-refractivity contribution in [1.82, 2.24) is 15.5 Å². The van der Waals surface area contributed by atoms with Crippen LogP contribution in [0.2, 0.25) is 0 Å². The van der Waals surface area contributed by atoms with E-state index < -0.39 is 0 Å². The Hall–Kier alpha value is -2.19. The summed E-state index contributed by atoms with van der Waals surface area (Å²) in [5.74, 6) is 1.15. The van der Waals surface area contributed by atoms with Gasteiger partial charge in [0.05, 0.1) is 11.5 Å². The first-order valence-electron chi connectivity index (χ1n) is 6.79. The van der Waals surface area contributed by atoms with Gasteiger partial charge >= 0.3 is 0 Å². The molecule has 1 aliphatic rings. The molecule has 0 saturated carbocycles. The van der Waals surface area contributed by atoms with Gasteiger partial charge in [0.1, 0.15) is 0 Å². The molecule has 5 heteroatoms. The average Bonchev–Trinajstić information content (AvgIpc) is 2.91. The number of aromatic nitrogens is 2. The van der Waals surface area contributed by atoms with E-state index in [9.17, 15) is 5.26 Å². The topological polar surface area (TPSA) is 74.7 Å². The lowest BCUT2D eigenvalue weighted by molar-refractivity contribution is 0.221. The van der Waals surface area contributed by atoms with Gasteiger partial charge in [-0.1, -0.05) is 36.3 Å². The van der Waals surface area contributed by atoms with E-state index in [1.807, 2.05) is 18.2 Å². The minimum absolute atomic E-state index is 0.381. The number of benzene rings is 1. The van der Waals surface area contributed by atoms with Gasteiger partial charge in [-0.2, -0.15) is 10.2 Å². The van der Waals surface area contributed by atoms with Crippen LogP contribution in [0.4, 0.5) is 0 Å². The Kier molecular flexibility index (Phi) is 3.25. The monoisotopic (exact) mass is 268 g/mol. The fourth-order valence-electron chi connectivity index (χ4n) is 2.44. The number of rotatable bonds is 4. The predicted molar refractivity (Wildman–Crippen MR) is 73.7 cm³/mol. The summed E-state index contributed by atoms with van der Waals surface area (Å²) in [4.78, 5) is 4.45. The average molecular weight is 268 g/mol. The van der Waals surface area contributed by atoms with Gasteiger partial charge in [-0.05, 0) is 12.0 Å². The van der Waals surface area contributed by atoms with Crippen LogP contribution < -0.4 is 5.32 Å². The smallest absolute Gasteiger partial charge is 0.228 e. The molecule has 1 fully saturated rings. The van der Waals surface area contributed by atoms with Crippen LogP contribution in [-0.2, 0) is 12.8 Å². The second-order valence-electron chi connectivity index (χ2n) is 5.19. The van der Waals surface area contributed by atoms with Crippen LogP contribution in [0.1, 0.15) is 18.4 Å². The maximum Gasteiger partial charge on any atom is 0.228 e. The van der Waals surface area contributed by atoms with E-state index >= 15 is 0 Å². The molecule has 1 aromatic carbocycles. The van der Waals surface area contributed by atoms with Crippen molar-refractivity contribution in [2.75, 3.05) is 13.1 Å². The van der Waals surface area contributed by atoms with Crippen LogP contribution in [0.15, 0.2) is 28.8 Å². The first-order valence-corrected chi connectivity index (χ1v) is 6.79. The van der Waals surface area contributed by atoms with Crippen molar-refractivity contribution in [2.45, 2.75) is 19.8 Å². The Bertz CT molecular complexity index is 652. The van der Waals surface area contributed by atoms with Gasteiger partial charge < -0.3 is 9.84 Å². The molecule has 0 radical (unpaired) electrons. The molecule has 5 nitrogen and oxygen atoms in total. The Balaban J connectivity index is 1.85. The number of aryl methyl sites for hydroxylation is 1. The maximum atomic E-state index is 9.22. The molecule has 1 aliphatic heterocycles. The summed E-state index contributed by atoms with van der Waals surface area (Å²) in [6.45, 7) is 3.48. The van der Waals surface area contributed by atoms with Gasteiger partial charge in [0.25, 0.3) is 0 Å². The summed E-state index contributed by atoms with van der Waals surface area (Å²) in [6, 6.07) is 10.4. The second kappa shape index (κ2) is 5.06. The summed E-state index contributed by atoms with van der Waals surface area (Å²) < 4.78 is 5.31. The number of hydrogen-bond acceptors (Lipinski definition) is 5. The van der Waals surface area contributed by atoms with Crippen molar-refractivity contribution in [3.63, 3.8) is 0 Å². The highest BCUT2D eigenvalue weighted by molar-refractivity contribution is 5.59. The van der Waals surface area contributed by atoms with Gasteiger partial charge in [0, 0.05) is 25.1 Å². The largest absolute Gasteiger partial charge is 0.339 e. The molecule has 1 saturated heterocycles. The summed E-state index contributed by atoms with van der Waals surface area (Å²) in [6.07, 6.45) is 1.43. The maximum absolute atomic E-state index is 9.22. The number of hydrogen-bond donors (Lipinski definition) is 1. The van der Waals surface area contributed by atoms with Gasteiger partial charge in [0.2, 0.25) is 11.7 Å². The van der Waals surface area contributed by atoms with Crippen molar-refractivity contribution in [1.29, 1.82) is 5.26 Å². The van der Waals surface area contributed by atoms with E-state index in [2.05, 4.69) is 34.5 Å². The first-order chi connectivity index (χ1) is 9.76. The van der Waals surface area contributed by atoms with Crippen molar-refractivity contribution in [3.05, 3.63) is 35.7 Å². The third-order valence-corrected chi connectivity index (χ3v) is 3.76. The zero-order chi connectivity index (χ0) is 14.0. The highest BCUT2D eigenvalue weighted by atomic mass is 16.5. The van der Waals surface area contributed by atoms with Gasteiger partial charge in [-0.25, -0.2) is 0 Å². The standard InChI is InChI=1S/C15H16N4O/c1-2-11-5-3-4-6-12(11)14-18-13(20-19-14)7-15(8-16)9-17-10-15/h3-6,17H,2,7,9-10H2,1H3. The van der Waals surface area contributed by atoms with Gasteiger partial charge in [0.15, 0.2) is 0 Å². The lowest BCUT2D eigenvalue weighted by atomic mass is 9.80. The fraction of sp³-hybridized carbons (Fsp3) is 0.400. The zero-order valence-corrected chi connectivity index (χ0v) is 11.4. The number of nitrogens with zero attached hydrogens (tertiary/aromatic N) is 3. The third-order valence-electron chi connectivity index (χ3n) is 3.76. The molecule has 0 aliphatic carbocycles. The molecular weight excluding hydrogens is 252 g/mol. The second-order valence-corrected chi connectivity index (χ2v) is 5.19. The van der Waals surface area contributed by atoms with E-state index in [1.165, 1.54) is 5.56 Å². The van der Waals surface area contributed by atoms with E-state index in [1.54, 1.807) is 0 Å².